The van der Waals surface area contributed by atoms with Crippen molar-refractivity contribution >= 4 is 17.9 Å². The second-order valence-corrected chi connectivity index (χ2v) is 9.87. The van der Waals surface area contributed by atoms with Crippen molar-refractivity contribution in [2.24, 2.45) is 0 Å². The van der Waals surface area contributed by atoms with Crippen molar-refractivity contribution in [3.63, 3.8) is 0 Å². The third-order valence-electron chi connectivity index (χ3n) is 6.98. The van der Waals surface area contributed by atoms with Crippen molar-refractivity contribution in [1.29, 1.82) is 5.26 Å². The van der Waals surface area contributed by atoms with Gasteiger partial charge in [0.1, 0.15) is 11.5 Å². The summed E-state index contributed by atoms with van der Waals surface area (Å²) in [7, 11) is 0. The molecule has 0 N–H and O–H groups in total. The van der Waals surface area contributed by atoms with Crippen molar-refractivity contribution in [2.75, 3.05) is 0 Å². The third kappa shape index (κ3) is 8.21. The normalized spacial score (nSPS) is 11.3. The quantitative estimate of drug-likeness (QED) is 0.0716. The summed E-state index contributed by atoms with van der Waals surface area (Å²) < 4.78 is 85.8. The third-order valence-corrected chi connectivity index (χ3v) is 6.98. The summed E-state index contributed by atoms with van der Waals surface area (Å²) in [6, 6.07) is 23.3. The maximum absolute atomic E-state index is 13.3. The van der Waals surface area contributed by atoms with Gasteiger partial charge in [-0.1, -0.05) is 72.8 Å². The molecule has 4 aromatic rings. The van der Waals surface area contributed by atoms with Crippen LogP contribution < -0.4 is 9.47 Å². The number of nitriles is 1. The Balaban J connectivity index is 1.62. The number of hydrogen-bond acceptors (Lipinski definition) is 4. The molecular weight excluding hydrogens is 608 g/mol. The van der Waals surface area contributed by atoms with E-state index in [4.69, 9.17) is 5.26 Å². The molecule has 4 rings (SSSR count). The Morgan fingerprint density at radius 3 is 1.30 bits per heavy atom. The van der Waals surface area contributed by atoms with E-state index in [1.165, 1.54) is 36.4 Å². The minimum absolute atomic E-state index is 0.172. The molecule has 0 heterocycles. The van der Waals surface area contributed by atoms with E-state index in [0.717, 1.165) is 11.1 Å². The Kier molecular flexibility index (Phi) is 10.6. The number of benzene rings is 4. The van der Waals surface area contributed by atoms with Gasteiger partial charge < -0.3 is 9.47 Å². The first-order valence-electron chi connectivity index (χ1n) is 13.5. The highest BCUT2D eigenvalue weighted by Crippen LogP contribution is 2.40. The first kappa shape index (κ1) is 33.1. The van der Waals surface area contributed by atoms with Crippen LogP contribution in [0.15, 0.2) is 133 Å². The lowest BCUT2D eigenvalue weighted by Gasteiger charge is -2.32. The fourth-order valence-electron chi connectivity index (χ4n) is 4.51. The lowest BCUT2D eigenvalue weighted by molar-refractivity contribution is -0.110. The molecule has 46 heavy (non-hydrogen) atoms. The van der Waals surface area contributed by atoms with Gasteiger partial charge in [-0.2, -0.15) is 31.6 Å². The molecule has 4 nitrogen and oxygen atoms in total. The molecule has 0 saturated heterocycles. The highest BCUT2D eigenvalue weighted by molar-refractivity contribution is 6.04. The fourth-order valence-corrected chi connectivity index (χ4v) is 4.51. The van der Waals surface area contributed by atoms with Gasteiger partial charge in [0.15, 0.2) is 5.78 Å². The van der Waals surface area contributed by atoms with Crippen LogP contribution in [0.3, 0.4) is 0 Å². The van der Waals surface area contributed by atoms with E-state index >= 15 is 0 Å². The Labute approximate surface area is 260 Å². The zero-order valence-electron chi connectivity index (χ0n) is 24.0. The molecule has 0 aliphatic rings. The van der Waals surface area contributed by atoms with Gasteiger partial charge in [0.25, 0.3) is 0 Å². The number of halogens is 6. The first-order chi connectivity index (χ1) is 22.0. The summed E-state index contributed by atoms with van der Waals surface area (Å²) in [5.41, 5.74) is 2.97. The second kappa shape index (κ2) is 14.8. The van der Waals surface area contributed by atoms with Gasteiger partial charge in [-0.15, -0.1) is 0 Å². The van der Waals surface area contributed by atoms with Crippen LogP contribution in [-0.4, -0.2) is 5.78 Å². The molecule has 0 fully saturated rings. The largest absolute Gasteiger partial charge is 0.428 e. The van der Waals surface area contributed by atoms with Gasteiger partial charge in [0.05, 0.1) is 11.6 Å². The van der Waals surface area contributed by atoms with Gasteiger partial charge in [0, 0.05) is 5.41 Å². The molecule has 0 saturated carbocycles. The molecule has 0 aliphatic heterocycles. The van der Waals surface area contributed by atoms with Gasteiger partial charge in [-0.05, 0) is 83.3 Å². The SMILES string of the molecule is CC(c1ccc(/C=C/C(=O)/C=C/c2ccc(C#N)cc2)cc1)(c1ccc(OC(F)=C(F)F)cc1)c1ccc(OC(F)=C(F)F)cc1. The van der Waals surface area contributed by atoms with Gasteiger partial charge in [-0.3, -0.25) is 4.79 Å². The zero-order chi connectivity index (χ0) is 33.3. The van der Waals surface area contributed by atoms with Gasteiger partial charge in [0.2, 0.25) is 0 Å². The molecule has 0 radical (unpaired) electrons. The molecule has 0 unspecified atom stereocenters. The van der Waals surface area contributed by atoms with E-state index in [1.807, 2.05) is 13.0 Å². The summed E-state index contributed by atoms with van der Waals surface area (Å²) in [6.45, 7) is 1.84. The van der Waals surface area contributed by atoms with E-state index in [9.17, 15) is 31.1 Å². The number of hydrogen-bond donors (Lipinski definition) is 0. The molecular formula is C36H23F6NO3. The van der Waals surface area contributed by atoms with Crippen molar-refractivity contribution in [2.45, 2.75) is 12.3 Å². The molecule has 4 aromatic carbocycles. The number of carbonyl (C=O) groups is 1. The van der Waals surface area contributed by atoms with Crippen LogP contribution in [-0.2, 0) is 10.2 Å². The molecule has 0 aliphatic carbocycles. The first-order valence-corrected chi connectivity index (χ1v) is 13.5. The second-order valence-electron chi connectivity index (χ2n) is 9.87. The van der Waals surface area contributed by atoms with Gasteiger partial charge in [-0.25, -0.2) is 0 Å². The Morgan fingerprint density at radius 1 is 0.609 bits per heavy atom. The van der Waals surface area contributed by atoms with Crippen molar-refractivity contribution in [1.82, 2.24) is 0 Å². The summed E-state index contributed by atoms with van der Waals surface area (Å²) in [6.07, 6.45) is 0.849. The van der Waals surface area contributed by atoms with E-state index in [-0.39, 0.29) is 17.3 Å². The van der Waals surface area contributed by atoms with Crippen LogP contribution in [0.2, 0.25) is 0 Å². The molecule has 0 amide bonds. The van der Waals surface area contributed by atoms with Crippen molar-refractivity contribution in [3.05, 3.63) is 167 Å². The summed E-state index contributed by atoms with van der Waals surface area (Å²) >= 11 is 0. The standard InChI is InChI=1S/C36H23F6NO3/c1-36(27-12-18-30(19-13-27)45-34(41)32(37)38,28-14-20-31(21-15-28)46-35(42)33(39)40)26-10-6-24(7-11-26)9-17-29(44)16-8-23-2-4-25(22-43)5-3-23/h2-21H,1H3/b16-8+,17-9+. The predicted molar refractivity (Wildman–Crippen MR) is 161 cm³/mol. The van der Waals surface area contributed by atoms with Crippen LogP contribution in [0.25, 0.3) is 12.2 Å². The fraction of sp³-hybridized carbons (Fsp3) is 0.0556. The predicted octanol–water partition coefficient (Wildman–Crippen LogP) is 10.0. The maximum atomic E-state index is 13.3. The molecule has 0 bridgehead atoms. The minimum atomic E-state index is -2.60. The van der Waals surface area contributed by atoms with E-state index in [0.29, 0.717) is 22.3 Å². The molecule has 0 atom stereocenters. The molecule has 232 valence electrons. The summed E-state index contributed by atoms with van der Waals surface area (Å²) in [5, 5.41) is 8.90. The van der Waals surface area contributed by atoms with E-state index < -0.39 is 29.6 Å². The Bertz CT molecular complexity index is 1780. The molecule has 0 aromatic heterocycles. The summed E-state index contributed by atoms with van der Waals surface area (Å²) in [4.78, 5) is 12.4. The lowest BCUT2D eigenvalue weighted by atomic mass is 9.71. The van der Waals surface area contributed by atoms with Crippen LogP contribution in [0, 0.1) is 11.3 Å². The van der Waals surface area contributed by atoms with E-state index in [2.05, 4.69) is 9.47 Å². The maximum Gasteiger partial charge on any atom is 0.344 e. The average molecular weight is 632 g/mol. The Morgan fingerprint density at radius 2 is 0.957 bits per heavy atom. The zero-order valence-corrected chi connectivity index (χ0v) is 24.0. The van der Waals surface area contributed by atoms with Gasteiger partial charge >= 0.3 is 24.2 Å². The van der Waals surface area contributed by atoms with Crippen LogP contribution in [0.5, 0.6) is 11.5 Å². The monoisotopic (exact) mass is 631 g/mol. The number of carbonyl (C=O) groups excluding carboxylic acids is 1. The van der Waals surface area contributed by atoms with Crippen molar-refractivity contribution < 1.29 is 40.6 Å². The topological polar surface area (TPSA) is 59.3 Å². The highest BCUT2D eigenvalue weighted by atomic mass is 19.3. The lowest BCUT2D eigenvalue weighted by Crippen LogP contribution is -2.25. The number of ketones is 1. The van der Waals surface area contributed by atoms with Crippen LogP contribution in [0.1, 0.15) is 40.3 Å². The van der Waals surface area contributed by atoms with E-state index in [1.54, 1.807) is 84.9 Å². The smallest absolute Gasteiger partial charge is 0.344 e. The Hall–Kier alpha value is -5.82. The molecule has 0 spiro atoms. The highest BCUT2D eigenvalue weighted by Gasteiger charge is 2.31. The number of rotatable bonds is 11. The minimum Gasteiger partial charge on any atom is -0.428 e. The number of allylic oxidation sites excluding steroid dienone is 2. The molecule has 10 heteroatoms. The van der Waals surface area contributed by atoms with Crippen LogP contribution >= 0.6 is 0 Å². The average Bonchev–Trinajstić information content (AvgIpc) is 3.07. The number of nitrogens with zero attached hydrogens (tertiary/aromatic N) is 1. The number of ether oxygens (including phenoxy) is 2. The summed E-state index contributed by atoms with van der Waals surface area (Å²) in [5.74, 6) is -0.608. The van der Waals surface area contributed by atoms with Crippen LogP contribution in [0.4, 0.5) is 26.3 Å². The van der Waals surface area contributed by atoms with Crippen molar-refractivity contribution in [3.8, 4) is 17.6 Å².